The van der Waals surface area contributed by atoms with E-state index in [4.69, 9.17) is 4.74 Å². The van der Waals surface area contributed by atoms with Crippen molar-refractivity contribution in [3.8, 4) is 17.0 Å². The van der Waals surface area contributed by atoms with Crippen LogP contribution in [0, 0.1) is 5.92 Å². The Kier molecular flexibility index (Phi) is 7.15. The molecule has 1 heterocycles. The molecule has 0 aliphatic rings. The molecule has 0 saturated heterocycles. The Bertz CT molecular complexity index is 741. The summed E-state index contributed by atoms with van der Waals surface area (Å²) in [6.45, 7) is 7.93. The predicted octanol–water partition coefficient (Wildman–Crippen LogP) is 3.70. The SMILES string of the molecule is CCCOc1ccc(-c2csc(NC(=O)[C@H](NC(C)=O)C(C)C)n2)cc1. The second kappa shape index (κ2) is 9.33. The first-order valence-electron chi connectivity index (χ1n) is 8.67. The summed E-state index contributed by atoms with van der Waals surface area (Å²) in [4.78, 5) is 28.2. The summed E-state index contributed by atoms with van der Waals surface area (Å²) in [5.41, 5.74) is 1.74. The molecule has 0 radical (unpaired) electrons. The molecule has 0 unspecified atom stereocenters. The van der Waals surface area contributed by atoms with Crippen molar-refractivity contribution < 1.29 is 14.3 Å². The molecule has 1 atom stereocenters. The zero-order valence-corrected chi connectivity index (χ0v) is 16.4. The van der Waals surface area contributed by atoms with Crippen LogP contribution in [0.15, 0.2) is 29.6 Å². The third-order valence-corrected chi connectivity index (χ3v) is 4.42. The largest absolute Gasteiger partial charge is 0.494 e. The fourth-order valence-electron chi connectivity index (χ4n) is 2.34. The molecule has 2 aromatic rings. The second-order valence-electron chi connectivity index (χ2n) is 6.32. The normalized spacial score (nSPS) is 11.9. The molecule has 0 saturated carbocycles. The summed E-state index contributed by atoms with van der Waals surface area (Å²) >= 11 is 1.35. The number of thiazole rings is 1. The molecule has 0 bridgehead atoms. The molecular formula is C19H25N3O3S. The second-order valence-corrected chi connectivity index (χ2v) is 7.18. The smallest absolute Gasteiger partial charge is 0.248 e. The van der Waals surface area contributed by atoms with E-state index in [-0.39, 0.29) is 17.7 Å². The van der Waals surface area contributed by atoms with Crippen LogP contribution in [0.1, 0.15) is 34.1 Å². The molecule has 1 aromatic heterocycles. The van der Waals surface area contributed by atoms with Crippen LogP contribution in [0.3, 0.4) is 0 Å². The van der Waals surface area contributed by atoms with E-state index in [1.54, 1.807) is 0 Å². The lowest BCUT2D eigenvalue weighted by Gasteiger charge is -2.20. The summed E-state index contributed by atoms with van der Waals surface area (Å²) in [5, 5.41) is 7.86. The Hall–Kier alpha value is -2.41. The van der Waals surface area contributed by atoms with Crippen molar-refractivity contribution in [2.45, 2.75) is 40.2 Å². The lowest BCUT2D eigenvalue weighted by molar-refractivity contribution is -0.126. The minimum absolute atomic E-state index is 0.0194. The van der Waals surface area contributed by atoms with Crippen LogP contribution in [0.2, 0.25) is 0 Å². The Morgan fingerprint density at radius 1 is 1.23 bits per heavy atom. The quantitative estimate of drug-likeness (QED) is 0.737. The van der Waals surface area contributed by atoms with Crippen molar-refractivity contribution in [2.75, 3.05) is 11.9 Å². The number of benzene rings is 1. The average Bonchev–Trinajstić information content (AvgIpc) is 3.06. The number of carbonyl (C=O) groups excluding carboxylic acids is 2. The zero-order chi connectivity index (χ0) is 19.1. The molecule has 2 N–H and O–H groups in total. The number of nitrogens with one attached hydrogen (secondary N) is 2. The van der Waals surface area contributed by atoms with E-state index in [2.05, 4.69) is 22.5 Å². The van der Waals surface area contributed by atoms with Crippen LogP contribution in [0.5, 0.6) is 5.75 Å². The van der Waals surface area contributed by atoms with Crippen molar-refractivity contribution in [1.82, 2.24) is 10.3 Å². The third kappa shape index (κ3) is 5.56. The number of rotatable bonds is 8. The van der Waals surface area contributed by atoms with Gasteiger partial charge < -0.3 is 15.4 Å². The van der Waals surface area contributed by atoms with Crippen molar-refractivity contribution >= 4 is 28.3 Å². The highest BCUT2D eigenvalue weighted by atomic mass is 32.1. The summed E-state index contributed by atoms with van der Waals surface area (Å²) in [6, 6.07) is 7.12. The van der Waals surface area contributed by atoms with Crippen molar-refractivity contribution in [1.29, 1.82) is 0 Å². The van der Waals surface area contributed by atoms with Gasteiger partial charge in [-0.2, -0.15) is 0 Å². The van der Waals surface area contributed by atoms with Crippen molar-refractivity contribution in [3.05, 3.63) is 29.6 Å². The summed E-state index contributed by atoms with van der Waals surface area (Å²) in [7, 11) is 0. The molecule has 0 fully saturated rings. The summed E-state index contributed by atoms with van der Waals surface area (Å²) in [6.07, 6.45) is 0.965. The van der Waals surface area contributed by atoms with Crippen LogP contribution in [0.4, 0.5) is 5.13 Å². The third-order valence-electron chi connectivity index (χ3n) is 3.67. The van der Waals surface area contributed by atoms with Crippen molar-refractivity contribution in [2.24, 2.45) is 5.92 Å². The molecule has 6 nitrogen and oxygen atoms in total. The Morgan fingerprint density at radius 2 is 1.92 bits per heavy atom. The number of nitrogens with zero attached hydrogens (tertiary/aromatic N) is 1. The van der Waals surface area contributed by atoms with E-state index >= 15 is 0 Å². The van der Waals surface area contributed by atoms with Gasteiger partial charge in [0, 0.05) is 17.9 Å². The van der Waals surface area contributed by atoms with Gasteiger partial charge in [0.15, 0.2) is 5.13 Å². The lowest BCUT2D eigenvalue weighted by Crippen LogP contribution is -2.46. The van der Waals surface area contributed by atoms with E-state index in [0.29, 0.717) is 11.7 Å². The molecule has 26 heavy (non-hydrogen) atoms. The topological polar surface area (TPSA) is 80.3 Å². The maximum Gasteiger partial charge on any atom is 0.248 e. The van der Waals surface area contributed by atoms with Gasteiger partial charge in [-0.05, 0) is 36.6 Å². The Balaban J connectivity index is 2.04. The molecule has 2 rings (SSSR count). The molecule has 0 aliphatic carbocycles. The fourth-order valence-corrected chi connectivity index (χ4v) is 3.07. The highest BCUT2D eigenvalue weighted by molar-refractivity contribution is 7.14. The minimum Gasteiger partial charge on any atom is -0.494 e. The number of hydrogen-bond acceptors (Lipinski definition) is 5. The standard InChI is InChI=1S/C19H25N3O3S/c1-5-10-25-15-8-6-14(7-9-15)16-11-26-19(21-16)22-18(24)17(12(2)3)20-13(4)23/h6-9,11-12,17H,5,10H2,1-4H3,(H,20,23)(H,21,22,24)/t17-/m1/s1. The van der Waals surface area contributed by atoms with Gasteiger partial charge in [-0.25, -0.2) is 4.98 Å². The molecule has 2 amide bonds. The van der Waals surface area contributed by atoms with E-state index in [1.807, 2.05) is 43.5 Å². The van der Waals surface area contributed by atoms with E-state index in [1.165, 1.54) is 18.3 Å². The monoisotopic (exact) mass is 375 g/mol. The molecule has 0 aliphatic heterocycles. The highest BCUT2D eigenvalue weighted by Gasteiger charge is 2.23. The van der Waals surface area contributed by atoms with Gasteiger partial charge in [-0.1, -0.05) is 20.8 Å². The van der Waals surface area contributed by atoms with Crippen LogP contribution in [-0.2, 0) is 9.59 Å². The number of amides is 2. The predicted molar refractivity (Wildman–Crippen MR) is 104 cm³/mol. The van der Waals surface area contributed by atoms with Crippen molar-refractivity contribution in [3.63, 3.8) is 0 Å². The molecule has 140 valence electrons. The number of ether oxygens (including phenoxy) is 1. The lowest BCUT2D eigenvalue weighted by atomic mass is 10.0. The first-order valence-corrected chi connectivity index (χ1v) is 9.55. The highest BCUT2D eigenvalue weighted by Crippen LogP contribution is 2.26. The molecule has 1 aromatic carbocycles. The Labute approximate surface area is 158 Å². The maximum atomic E-state index is 12.4. The van der Waals surface area contributed by atoms with Crippen LogP contribution in [-0.4, -0.2) is 29.4 Å². The van der Waals surface area contributed by atoms with E-state index < -0.39 is 6.04 Å². The number of aromatic nitrogens is 1. The number of anilines is 1. The van der Waals surface area contributed by atoms with Gasteiger partial charge >= 0.3 is 0 Å². The van der Waals surface area contributed by atoms with Gasteiger partial charge in [0.25, 0.3) is 0 Å². The van der Waals surface area contributed by atoms with Gasteiger partial charge in [-0.3, -0.25) is 9.59 Å². The first kappa shape index (κ1) is 19.9. The first-order chi connectivity index (χ1) is 12.4. The average molecular weight is 375 g/mol. The van der Waals surface area contributed by atoms with Gasteiger partial charge in [0.2, 0.25) is 11.8 Å². The molecular weight excluding hydrogens is 350 g/mol. The summed E-state index contributed by atoms with van der Waals surface area (Å²) < 4.78 is 5.57. The fraction of sp³-hybridized carbons (Fsp3) is 0.421. The van der Waals surface area contributed by atoms with Gasteiger partial charge in [-0.15, -0.1) is 11.3 Å². The van der Waals surface area contributed by atoms with Crippen LogP contribution < -0.4 is 15.4 Å². The maximum absolute atomic E-state index is 12.4. The van der Waals surface area contributed by atoms with E-state index in [9.17, 15) is 9.59 Å². The number of carbonyl (C=O) groups is 2. The van der Waals surface area contributed by atoms with Crippen LogP contribution in [0.25, 0.3) is 11.3 Å². The Morgan fingerprint density at radius 3 is 2.50 bits per heavy atom. The van der Waals surface area contributed by atoms with Gasteiger partial charge in [0.05, 0.1) is 12.3 Å². The molecule has 7 heteroatoms. The van der Waals surface area contributed by atoms with E-state index in [0.717, 1.165) is 23.4 Å². The van der Waals surface area contributed by atoms with Gasteiger partial charge in [0.1, 0.15) is 11.8 Å². The molecule has 0 spiro atoms. The van der Waals surface area contributed by atoms with Crippen LogP contribution >= 0.6 is 11.3 Å². The minimum atomic E-state index is -0.588. The summed E-state index contributed by atoms with van der Waals surface area (Å²) in [5.74, 6) is 0.312. The number of hydrogen-bond donors (Lipinski definition) is 2. The zero-order valence-electron chi connectivity index (χ0n) is 15.5.